The molecule has 84 valence electrons. The van der Waals surface area contributed by atoms with Gasteiger partial charge in [-0.15, -0.1) is 11.3 Å². The molecule has 2 aromatic rings. The van der Waals surface area contributed by atoms with Gasteiger partial charge in [0, 0.05) is 23.5 Å². The van der Waals surface area contributed by atoms with Gasteiger partial charge in [0.25, 0.3) is 0 Å². The van der Waals surface area contributed by atoms with Crippen molar-refractivity contribution in [3.8, 4) is 0 Å². The highest BCUT2D eigenvalue weighted by Gasteiger charge is 2.07. The van der Waals surface area contributed by atoms with E-state index in [2.05, 4.69) is 5.32 Å². The second-order valence-corrected chi connectivity index (χ2v) is 4.42. The SMILES string of the molecule is Fc1cccc(F)c1CNCc1cccs1. The van der Waals surface area contributed by atoms with E-state index in [1.807, 2.05) is 17.5 Å². The van der Waals surface area contributed by atoms with Crippen LogP contribution < -0.4 is 5.32 Å². The highest BCUT2D eigenvalue weighted by atomic mass is 32.1. The van der Waals surface area contributed by atoms with Gasteiger partial charge in [0.1, 0.15) is 11.6 Å². The lowest BCUT2D eigenvalue weighted by Crippen LogP contribution is -2.14. The molecule has 16 heavy (non-hydrogen) atoms. The summed E-state index contributed by atoms with van der Waals surface area (Å²) in [4.78, 5) is 1.15. The number of halogens is 2. The van der Waals surface area contributed by atoms with Crippen LogP contribution >= 0.6 is 11.3 Å². The number of thiophene rings is 1. The Kier molecular flexibility index (Phi) is 3.64. The average molecular weight is 239 g/mol. The fourth-order valence-electron chi connectivity index (χ4n) is 1.43. The minimum Gasteiger partial charge on any atom is -0.308 e. The van der Waals surface area contributed by atoms with E-state index in [1.165, 1.54) is 18.2 Å². The Bertz CT molecular complexity index is 434. The Hall–Kier alpha value is -1.26. The molecule has 1 aromatic carbocycles. The van der Waals surface area contributed by atoms with Crippen molar-refractivity contribution in [3.05, 3.63) is 57.8 Å². The van der Waals surface area contributed by atoms with Gasteiger partial charge in [0.15, 0.2) is 0 Å². The summed E-state index contributed by atoms with van der Waals surface area (Å²) >= 11 is 1.62. The zero-order valence-electron chi connectivity index (χ0n) is 8.54. The lowest BCUT2D eigenvalue weighted by Gasteiger charge is -2.05. The summed E-state index contributed by atoms with van der Waals surface area (Å²) in [5, 5.41) is 4.99. The Morgan fingerprint density at radius 2 is 1.75 bits per heavy atom. The Morgan fingerprint density at radius 3 is 2.38 bits per heavy atom. The third-order valence-electron chi connectivity index (χ3n) is 2.24. The fraction of sp³-hybridized carbons (Fsp3) is 0.167. The molecule has 0 fully saturated rings. The molecule has 1 heterocycles. The van der Waals surface area contributed by atoms with Gasteiger partial charge >= 0.3 is 0 Å². The average Bonchev–Trinajstić information content (AvgIpc) is 2.75. The van der Waals surface area contributed by atoms with Crippen molar-refractivity contribution < 1.29 is 8.78 Å². The number of benzene rings is 1. The standard InChI is InChI=1S/C12H11F2NS/c13-11-4-1-5-12(14)10(11)8-15-7-9-3-2-6-16-9/h1-6,15H,7-8H2. The summed E-state index contributed by atoms with van der Waals surface area (Å²) < 4.78 is 26.5. The normalized spacial score (nSPS) is 10.6. The van der Waals surface area contributed by atoms with Gasteiger partial charge in [-0.05, 0) is 23.6 Å². The molecule has 1 nitrogen and oxygen atoms in total. The third-order valence-corrected chi connectivity index (χ3v) is 3.12. The molecule has 0 atom stereocenters. The fourth-order valence-corrected chi connectivity index (χ4v) is 2.10. The molecule has 0 aliphatic rings. The van der Waals surface area contributed by atoms with Crippen molar-refractivity contribution in [1.29, 1.82) is 0 Å². The molecule has 4 heteroatoms. The van der Waals surface area contributed by atoms with Crippen molar-refractivity contribution in [2.24, 2.45) is 0 Å². The molecule has 1 aromatic heterocycles. The molecule has 0 amide bonds. The number of hydrogen-bond donors (Lipinski definition) is 1. The minimum absolute atomic E-state index is 0.0963. The topological polar surface area (TPSA) is 12.0 Å². The lowest BCUT2D eigenvalue weighted by atomic mass is 10.2. The first kappa shape index (κ1) is 11.2. The first-order valence-corrected chi connectivity index (χ1v) is 5.81. The number of hydrogen-bond acceptors (Lipinski definition) is 2. The number of nitrogens with one attached hydrogen (secondary N) is 1. The molecule has 2 rings (SSSR count). The van der Waals surface area contributed by atoms with Crippen molar-refractivity contribution in [3.63, 3.8) is 0 Å². The van der Waals surface area contributed by atoms with E-state index in [9.17, 15) is 8.78 Å². The molecule has 0 radical (unpaired) electrons. The first-order valence-electron chi connectivity index (χ1n) is 4.93. The summed E-state index contributed by atoms with van der Waals surface area (Å²) in [6.07, 6.45) is 0. The second-order valence-electron chi connectivity index (χ2n) is 3.38. The van der Waals surface area contributed by atoms with Crippen LogP contribution in [0, 0.1) is 11.6 Å². The summed E-state index contributed by atoms with van der Waals surface area (Å²) in [5.74, 6) is -1.00. The van der Waals surface area contributed by atoms with E-state index in [1.54, 1.807) is 11.3 Å². The predicted octanol–water partition coefficient (Wildman–Crippen LogP) is 3.32. The highest BCUT2D eigenvalue weighted by molar-refractivity contribution is 7.09. The second kappa shape index (κ2) is 5.18. The molecule has 0 saturated carbocycles. The first-order chi connectivity index (χ1) is 7.77. The van der Waals surface area contributed by atoms with Crippen molar-refractivity contribution in [2.75, 3.05) is 0 Å². The smallest absolute Gasteiger partial charge is 0.130 e. The maximum atomic E-state index is 13.2. The molecule has 0 aliphatic carbocycles. The summed E-state index contributed by atoms with van der Waals surface area (Å²) in [7, 11) is 0. The van der Waals surface area contributed by atoms with Crippen molar-refractivity contribution >= 4 is 11.3 Å². The van der Waals surface area contributed by atoms with Crippen molar-refractivity contribution in [1.82, 2.24) is 5.32 Å². The summed E-state index contributed by atoms with van der Waals surface area (Å²) in [5.41, 5.74) is 0.0963. The molecular formula is C12H11F2NS. The van der Waals surface area contributed by atoms with Gasteiger partial charge in [-0.25, -0.2) is 8.78 Å². The quantitative estimate of drug-likeness (QED) is 0.863. The van der Waals surface area contributed by atoms with Gasteiger partial charge in [0.05, 0.1) is 0 Å². The van der Waals surface area contributed by atoms with Gasteiger partial charge in [-0.1, -0.05) is 12.1 Å². The van der Waals surface area contributed by atoms with E-state index >= 15 is 0 Å². The van der Waals surface area contributed by atoms with Crippen LogP contribution in [0.2, 0.25) is 0 Å². The Labute approximate surface area is 96.7 Å². The van der Waals surface area contributed by atoms with Crippen LogP contribution in [0.25, 0.3) is 0 Å². The minimum atomic E-state index is -0.501. The van der Waals surface area contributed by atoms with Crippen LogP contribution in [0.1, 0.15) is 10.4 Å². The predicted molar refractivity (Wildman–Crippen MR) is 61.2 cm³/mol. The molecule has 0 aliphatic heterocycles. The van der Waals surface area contributed by atoms with Crippen LogP contribution in [-0.2, 0) is 13.1 Å². The van der Waals surface area contributed by atoms with E-state index in [-0.39, 0.29) is 12.1 Å². The van der Waals surface area contributed by atoms with Crippen molar-refractivity contribution in [2.45, 2.75) is 13.1 Å². The van der Waals surface area contributed by atoms with Crippen LogP contribution in [0.5, 0.6) is 0 Å². The molecule has 0 saturated heterocycles. The van der Waals surface area contributed by atoms with Crippen LogP contribution in [0.4, 0.5) is 8.78 Å². The van der Waals surface area contributed by atoms with E-state index in [0.717, 1.165) is 4.88 Å². The largest absolute Gasteiger partial charge is 0.308 e. The van der Waals surface area contributed by atoms with Gasteiger partial charge in [-0.2, -0.15) is 0 Å². The summed E-state index contributed by atoms with van der Waals surface area (Å²) in [6, 6.07) is 7.84. The lowest BCUT2D eigenvalue weighted by molar-refractivity contribution is 0.536. The van der Waals surface area contributed by atoms with Gasteiger partial charge < -0.3 is 5.32 Å². The maximum Gasteiger partial charge on any atom is 0.130 e. The Morgan fingerprint density at radius 1 is 1.00 bits per heavy atom. The van der Waals surface area contributed by atoms with Crippen LogP contribution in [-0.4, -0.2) is 0 Å². The number of rotatable bonds is 4. The third kappa shape index (κ3) is 2.65. The van der Waals surface area contributed by atoms with Gasteiger partial charge in [0.2, 0.25) is 0 Å². The molecule has 1 N–H and O–H groups in total. The van der Waals surface area contributed by atoms with E-state index in [4.69, 9.17) is 0 Å². The molecular weight excluding hydrogens is 228 g/mol. The van der Waals surface area contributed by atoms with E-state index < -0.39 is 11.6 Å². The van der Waals surface area contributed by atoms with Crippen LogP contribution in [0.3, 0.4) is 0 Å². The molecule has 0 spiro atoms. The zero-order valence-corrected chi connectivity index (χ0v) is 9.36. The Balaban J connectivity index is 1.95. The van der Waals surface area contributed by atoms with Crippen LogP contribution in [0.15, 0.2) is 35.7 Å². The zero-order chi connectivity index (χ0) is 11.4. The molecule has 0 bridgehead atoms. The van der Waals surface area contributed by atoms with Gasteiger partial charge in [-0.3, -0.25) is 0 Å². The highest BCUT2D eigenvalue weighted by Crippen LogP contribution is 2.12. The van der Waals surface area contributed by atoms with E-state index in [0.29, 0.717) is 6.54 Å². The maximum absolute atomic E-state index is 13.2. The summed E-state index contributed by atoms with van der Waals surface area (Å²) in [6.45, 7) is 0.835. The molecule has 0 unspecified atom stereocenters. The monoisotopic (exact) mass is 239 g/mol.